The minimum atomic E-state index is -0.250. The first-order valence-corrected chi connectivity index (χ1v) is 3.59. The van der Waals surface area contributed by atoms with Gasteiger partial charge < -0.3 is 41.6 Å². The lowest BCUT2D eigenvalue weighted by molar-refractivity contribution is -0.193. The van der Waals surface area contributed by atoms with Gasteiger partial charge in [0.1, 0.15) is 0 Å². The molecule has 44 heavy (non-hydrogen) atoms. The minimum absolute atomic E-state index is 0. The van der Waals surface area contributed by atoms with Crippen LogP contribution in [-0.4, -0.2) is 96.7 Å². The molecule has 0 atom stereocenters. The Morgan fingerprint density at radius 2 is 0.409 bits per heavy atom. The van der Waals surface area contributed by atoms with Crippen molar-refractivity contribution in [2.75, 3.05) is 28.4 Å². The zero-order valence-electron chi connectivity index (χ0n) is 19.7. The van der Waals surface area contributed by atoms with Crippen LogP contribution < -0.4 is 0 Å². The Morgan fingerprint density at radius 1 is 0.409 bits per heavy atom. The van der Waals surface area contributed by atoms with Crippen LogP contribution in [0.4, 0.5) is 4.72 Å². The Morgan fingerprint density at radius 3 is 0.409 bits per heavy atom. The number of carbonyl (C=O) groups excluding carboxylic acids is 4. The number of rotatable bonds is 0. The Bertz CT molecular complexity index is 186. The summed E-state index contributed by atoms with van der Waals surface area (Å²) in [5, 5.41) is 41.8. The van der Waals surface area contributed by atoms with Crippen LogP contribution in [-0.2, 0) is 28.8 Å². The van der Waals surface area contributed by atoms with Crippen molar-refractivity contribution in [2.24, 2.45) is 0 Å². The molecule has 10 N–H and O–H groups in total. The van der Waals surface area contributed by atoms with Gasteiger partial charge in [-0.3, -0.25) is 14.3 Å². The third kappa shape index (κ3) is 8520. The highest BCUT2D eigenvalue weighted by Gasteiger charge is 1.22. The highest BCUT2D eigenvalue weighted by Crippen LogP contribution is 0.970. The molecule has 0 saturated heterocycles. The zero-order valence-corrected chi connectivity index (χ0v) is 12.7. The lowest BCUT2D eigenvalue weighted by Gasteiger charge is -1.34. The van der Waals surface area contributed by atoms with Gasteiger partial charge in [-0.05, 0) is 0 Å². The van der Waals surface area contributed by atoms with E-state index in [9.17, 15) is 0 Å². The van der Waals surface area contributed by atoms with E-state index < -0.39 is 0 Å². The summed E-state index contributed by atoms with van der Waals surface area (Å²) in [4.78, 5) is 49.2. The second-order valence-corrected chi connectivity index (χ2v) is 0.377. The molecule has 15 heteroatoms. The Hall–Kier alpha value is -2.61. The van der Waals surface area contributed by atoms with Crippen LogP contribution in [0.2, 0.25) is 0 Å². The molecule has 0 aromatic carbocycles. The van der Waals surface area contributed by atoms with Crippen LogP contribution in [0.5, 0.6) is 0 Å². The van der Waals surface area contributed by atoms with Crippen LogP contribution >= 0.6 is 0 Å². The quantitative estimate of drug-likeness (QED) is 0.128. The van der Waals surface area contributed by atoms with Gasteiger partial charge in [0, 0.05) is 29.9 Å². The van der Waals surface area contributed by atoms with E-state index in [1.54, 1.807) is 0 Å². The van der Waals surface area contributed by atoms with Crippen LogP contribution in [0.25, 0.3) is 0 Å². The molecule has 0 bridgehead atoms. The zero-order chi connectivity index (χ0) is 20.8. The third-order valence-electron chi connectivity index (χ3n) is 0. The molecule has 0 aliphatic heterocycles. The summed E-state index contributed by atoms with van der Waals surface area (Å²) >= 11 is 0. The summed E-state index contributed by atoms with van der Waals surface area (Å²) in [5.74, 6) is 0. The number of hydrogen-bond acceptors (Lipinski definition) is 10. The van der Waals surface area contributed by atoms with E-state index in [0.717, 1.165) is 28.4 Å². The maximum atomic E-state index is 8.75. The number of carbonyl (C=O) groups is 2. The number of carboxylic acid groups (broad SMARTS) is 2. The van der Waals surface area contributed by atoms with Crippen LogP contribution in [0.15, 0.2) is 0 Å². The van der Waals surface area contributed by atoms with Gasteiger partial charge in [0.2, 0.25) is 0 Å². The molecule has 0 radical (unpaired) electrons. The lowest BCUT2D eigenvalue weighted by Crippen LogP contribution is -1.49. The fourth-order valence-corrected chi connectivity index (χ4v) is 0. The van der Waals surface area contributed by atoms with Crippen molar-refractivity contribution in [3.63, 3.8) is 0 Å². The average Bonchev–Trinajstić information content (AvgIpc) is 2.59. The first-order valence-electron chi connectivity index (χ1n) is 3.97. The minimum Gasteiger partial charge on any atom is -0.483 e. The summed E-state index contributed by atoms with van der Waals surface area (Å²) in [7, 11) is 4.00. The van der Waals surface area contributed by atoms with Crippen molar-refractivity contribution >= 4 is 25.2 Å². The highest BCUT2D eigenvalue weighted by molar-refractivity contribution is 5.33. The Labute approximate surface area is 296 Å². The molecule has 0 aromatic heterocycles. The van der Waals surface area contributed by atoms with E-state index in [-0.39, 0.29) is 202 Å². The predicted molar refractivity (Wildman–Crippen MR) is 220 cm³/mol. The fourth-order valence-electron chi connectivity index (χ4n) is 0. The Balaban J connectivity index is -0.000000000925. The molecule has 0 aliphatic carbocycles. The summed E-state index contributed by atoms with van der Waals surface area (Å²) in [6.45, 7) is -0.500. The van der Waals surface area contributed by atoms with E-state index in [4.69, 9.17) is 64.1 Å². The Kier molecular flexibility index (Phi) is 461000. The summed E-state index contributed by atoms with van der Waals surface area (Å²) in [6, 6.07) is 0. The third-order valence-corrected chi connectivity index (χ3v) is 0. The average molecular weight is 710 g/mol. The smallest absolute Gasteiger partial charge is 0.483 e. The topological polar surface area (TPSA) is 287 Å². The normalized spacial score (nSPS) is 1.61. The molecule has 0 saturated carbocycles. The SMILES string of the molecule is C.C.C.C.C.C.C.C.C.C.C.C.C.C.C.C.C.C.C.C.C.CO.CO.CO.CO.O.O.O=C=O.O=C=O.O=CO.O=CO.[2H]F.[H+].[H+].[H+].[H+].[H+].[H+].[HH]. The predicted octanol–water partition coefficient (Wildman–Crippen LogP) is 9.45. The van der Waals surface area contributed by atoms with Gasteiger partial charge in [-0.2, -0.15) is 19.2 Å². The molecule has 0 rings (SSSR count). The van der Waals surface area contributed by atoms with E-state index in [0.29, 0.717) is 0 Å². The fraction of sp³-hybridized carbons (Fsp3) is 0.862. The molecule has 0 spiro atoms. The summed E-state index contributed by atoms with van der Waals surface area (Å²) in [6.07, 6.45) is 0.500. The van der Waals surface area contributed by atoms with Crippen molar-refractivity contribution in [1.29, 1.82) is 1.45 Å². The number of halogens is 1. The van der Waals surface area contributed by atoms with Gasteiger partial charge in [0.05, 0.1) is 0 Å². The van der Waals surface area contributed by atoms with E-state index in [2.05, 4.69) is 1.45 Å². The van der Waals surface area contributed by atoms with Crippen molar-refractivity contribution in [3.8, 4) is 0 Å². The van der Waals surface area contributed by atoms with Crippen LogP contribution in [0.3, 0.4) is 0 Å². The monoisotopic (exact) mass is 710 g/mol. The first kappa shape index (κ1) is 625. The van der Waals surface area contributed by atoms with Gasteiger partial charge in [0.15, 0.2) is 0 Å². The van der Waals surface area contributed by atoms with Crippen molar-refractivity contribution < 1.29 is 85.1 Å². The lowest BCUT2D eigenvalue weighted by atomic mass is 11.7. The molecule has 0 aliphatic rings. The largest absolute Gasteiger partial charge is 1.00 e. The van der Waals surface area contributed by atoms with Gasteiger partial charge in [-0.25, -0.2) is 0 Å². The van der Waals surface area contributed by atoms with E-state index in [1.807, 2.05) is 0 Å². The second-order valence-electron chi connectivity index (χ2n) is 0.377. The molecule has 0 aromatic rings. The van der Waals surface area contributed by atoms with E-state index >= 15 is 0 Å². The summed E-state index contributed by atoms with van der Waals surface area (Å²) in [5.41, 5.74) is 0. The van der Waals surface area contributed by atoms with Crippen molar-refractivity contribution in [3.05, 3.63) is 0 Å². The standard InChI is InChI=1S/2CH2O2.2CO2.4CH4O.21CH4.FH.2H2O.H2/c4*2-1-3;4*1-2;;;;;;;;;;;;;;;;;;;;;;;;;/h2*1H,(H,2,3);;;4*2H,1H3;21*1H4;1H;2*1H2;1H/p+6/i/hD. The van der Waals surface area contributed by atoms with Gasteiger partial charge in [-0.1, -0.05) is 156 Å². The van der Waals surface area contributed by atoms with Gasteiger partial charge in [0.25, 0.3) is 14.4 Å². The molecule has 318 valence electrons. The molecule has 0 fully saturated rings. The number of aliphatic hydroxyl groups excluding tert-OH is 4. The van der Waals surface area contributed by atoms with Crippen molar-refractivity contribution in [1.82, 2.24) is 0 Å². The van der Waals surface area contributed by atoms with E-state index in [1.165, 1.54) is 0 Å². The maximum absolute atomic E-state index is 8.75. The first-order chi connectivity index (χ1) is 10.7. The van der Waals surface area contributed by atoms with Crippen molar-refractivity contribution in [2.45, 2.75) is 156 Å². The van der Waals surface area contributed by atoms with Gasteiger partial charge in [-0.15, -0.1) is 0 Å². The van der Waals surface area contributed by atoms with Crippen LogP contribution in [0, 0.1) is 0 Å². The molecule has 0 unspecified atom stereocenters. The number of aliphatic hydroxyl groups is 4. The second kappa shape index (κ2) is 32400. The number of hydrogen-bond donors (Lipinski definition) is 6. The molecule has 0 amide bonds. The molecule has 14 nitrogen and oxygen atoms in total. The maximum Gasteiger partial charge on any atom is 1.00 e. The molecule has 0 heterocycles. The highest BCUT2D eigenvalue weighted by atomic mass is 19.0. The molecular formula is C29H117FO14+6. The van der Waals surface area contributed by atoms with Gasteiger partial charge >= 0.3 is 20.9 Å². The summed E-state index contributed by atoms with van der Waals surface area (Å²) < 4.78 is 13.0. The molecular weight excluding hydrogens is 591 g/mol. The van der Waals surface area contributed by atoms with Crippen LogP contribution in [0.1, 0.15) is 166 Å².